The van der Waals surface area contributed by atoms with Gasteiger partial charge in [-0.05, 0) is 24.7 Å². The van der Waals surface area contributed by atoms with Crippen molar-refractivity contribution in [1.29, 1.82) is 0 Å². The summed E-state index contributed by atoms with van der Waals surface area (Å²) < 4.78 is 0. The molecule has 1 rings (SSSR count). The van der Waals surface area contributed by atoms with Crippen LogP contribution >= 0.6 is 11.6 Å². The van der Waals surface area contributed by atoms with E-state index >= 15 is 0 Å². The second-order valence-electron chi connectivity index (χ2n) is 4.47. The van der Waals surface area contributed by atoms with E-state index in [-0.39, 0.29) is 0 Å². The lowest BCUT2D eigenvalue weighted by Gasteiger charge is -2.37. The summed E-state index contributed by atoms with van der Waals surface area (Å²) in [6, 6.07) is 0. The van der Waals surface area contributed by atoms with E-state index in [0.717, 1.165) is 0 Å². The van der Waals surface area contributed by atoms with Gasteiger partial charge >= 0.3 is 0 Å². The molecule has 0 heterocycles. The molecule has 1 aliphatic carbocycles. The first-order valence-electron chi connectivity index (χ1n) is 5.33. The molecule has 1 unspecified atom stereocenters. The summed E-state index contributed by atoms with van der Waals surface area (Å²) >= 11 is 6.40. The van der Waals surface area contributed by atoms with Crippen LogP contribution in [0, 0.1) is 5.41 Å². The molecule has 1 atom stereocenters. The Labute approximate surface area is 81.7 Å². The van der Waals surface area contributed by atoms with E-state index in [4.69, 9.17) is 11.6 Å². The van der Waals surface area contributed by atoms with Crippen LogP contribution in [0.25, 0.3) is 0 Å². The van der Waals surface area contributed by atoms with E-state index in [0.29, 0.717) is 10.8 Å². The minimum absolute atomic E-state index is 0.419. The highest BCUT2D eigenvalue weighted by atomic mass is 35.5. The zero-order valence-corrected chi connectivity index (χ0v) is 9.16. The van der Waals surface area contributed by atoms with Gasteiger partial charge in [0.1, 0.15) is 0 Å². The lowest BCUT2D eigenvalue weighted by atomic mass is 9.72. The Morgan fingerprint density at radius 2 is 1.83 bits per heavy atom. The highest BCUT2D eigenvalue weighted by Gasteiger charge is 2.33. The Bertz CT molecular complexity index is 125. The molecule has 1 fully saturated rings. The Hall–Kier alpha value is 0.290. The third-order valence-electron chi connectivity index (χ3n) is 3.29. The van der Waals surface area contributed by atoms with E-state index in [1.807, 2.05) is 0 Å². The third-order valence-corrected chi connectivity index (χ3v) is 4.04. The maximum atomic E-state index is 6.40. The molecule has 1 saturated carbocycles. The van der Waals surface area contributed by atoms with Gasteiger partial charge < -0.3 is 0 Å². The van der Waals surface area contributed by atoms with Gasteiger partial charge in [-0.1, -0.05) is 39.5 Å². The molecule has 0 bridgehead atoms. The van der Waals surface area contributed by atoms with Crippen molar-refractivity contribution >= 4 is 11.6 Å². The van der Waals surface area contributed by atoms with Crippen LogP contribution in [0.5, 0.6) is 0 Å². The van der Waals surface area contributed by atoms with Crippen LogP contribution < -0.4 is 0 Å². The zero-order valence-electron chi connectivity index (χ0n) is 8.41. The van der Waals surface area contributed by atoms with Crippen LogP contribution in [0.2, 0.25) is 0 Å². The molecule has 0 aliphatic heterocycles. The standard InChI is InChI=1S/C11H21Cl/c1-3-7-10(12)11(2)8-5-4-6-9-11/h10H,3-9H2,1-2H3. The summed E-state index contributed by atoms with van der Waals surface area (Å²) in [5.74, 6) is 0. The molecule has 0 aromatic rings. The van der Waals surface area contributed by atoms with Crippen LogP contribution in [-0.4, -0.2) is 5.38 Å². The first-order valence-corrected chi connectivity index (χ1v) is 5.77. The molecule has 0 amide bonds. The number of hydrogen-bond acceptors (Lipinski definition) is 0. The van der Waals surface area contributed by atoms with Gasteiger partial charge in [0, 0.05) is 5.38 Å². The van der Waals surface area contributed by atoms with Gasteiger partial charge in [0.2, 0.25) is 0 Å². The van der Waals surface area contributed by atoms with Crippen molar-refractivity contribution in [2.45, 2.75) is 64.2 Å². The summed E-state index contributed by atoms with van der Waals surface area (Å²) in [5.41, 5.74) is 0.454. The van der Waals surface area contributed by atoms with Crippen molar-refractivity contribution in [3.05, 3.63) is 0 Å². The van der Waals surface area contributed by atoms with Crippen molar-refractivity contribution in [3.8, 4) is 0 Å². The topological polar surface area (TPSA) is 0 Å². The summed E-state index contributed by atoms with van der Waals surface area (Å²) in [4.78, 5) is 0. The van der Waals surface area contributed by atoms with Crippen molar-refractivity contribution in [2.75, 3.05) is 0 Å². The van der Waals surface area contributed by atoms with Crippen LogP contribution in [-0.2, 0) is 0 Å². The van der Waals surface area contributed by atoms with E-state index in [9.17, 15) is 0 Å². The maximum Gasteiger partial charge on any atom is 0.0389 e. The predicted molar refractivity (Wildman–Crippen MR) is 55.7 cm³/mol. The number of rotatable bonds is 3. The van der Waals surface area contributed by atoms with E-state index in [2.05, 4.69) is 13.8 Å². The molecule has 1 aliphatic rings. The average Bonchev–Trinajstić information content (AvgIpc) is 2.06. The van der Waals surface area contributed by atoms with E-state index in [1.165, 1.54) is 44.9 Å². The molecule has 0 N–H and O–H groups in total. The molecule has 72 valence electrons. The van der Waals surface area contributed by atoms with E-state index < -0.39 is 0 Å². The quantitative estimate of drug-likeness (QED) is 0.578. The monoisotopic (exact) mass is 188 g/mol. The largest absolute Gasteiger partial charge is 0.122 e. The molecular formula is C11H21Cl. The summed E-state index contributed by atoms with van der Waals surface area (Å²) in [6.45, 7) is 4.60. The molecule has 0 radical (unpaired) electrons. The number of hydrogen-bond donors (Lipinski definition) is 0. The van der Waals surface area contributed by atoms with Gasteiger partial charge in [0.25, 0.3) is 0 Å². The second kappa shape index (κ2) is 4.50. The fourth-order valence-corrected chi connectivity index (χ4v) is 2.71. The first kappa shape index (κ1) is 10.4. The van der Waals surface area contributed by atoms with Gasteiger partial charge in [-0.3, -0.25) is 0 Å². The van der Waals surface area contributed by atoms with Gasteiger partial charge in [-0.25, -0.2) is 0 Å². The number of alkyl halides is 1. The Morgan fingerprint density at radius 3 is 2.33 bits per heavy atom. The molecule has 0 aromatic carbocycles. The number of halogens is 1. The van der Waals surface area contributed by atoms with Crippen LogP contribution in [0.15, 0.2) is 0 Å². The predicted octanol–water partition coefficient (Wildman–Crippen LogP) is 4.36. The smallest absolute Gasteiger partial charge is 0.0389 e. The maximum absolute atomic E-state index is 6.40. The molecule has 0 aromatic heterocycles. The minimum Gasteiger partial charge on any atom is -0.122 e. The molecule has 12 heavy (non-hydrogen) atoms. The van der Waals surface area contributed by atoms with Crippen molar-refractivity contribution in [3.63, 3.8) is 0 Å². The summed E-state index contributed by atoms with van der Waals surface area (Å²) in [7, 11) is 0. The zero-order chi connectivity index (χ0) is 9.03. The SMILES string of the molecule is CCCC(Cl)C1(C)CCCCC1. The van der Waals surface area contributed by atoms with Crippen molar-refractivity contribution < 1.29 is 0 Å². The first-order chi connectivity index (χ1) is 5.69. The fraction of sp³-hybridized carbons (Fsp3) is 1.00. The van der Waals surface area contributed by atoms with Crippen LogP contribution in [0.1, 0.15) is 58.8 Å². The lowest BCUT2D eigenvalue weighted by molar-refractivity contribution is 0.199. The Morgan fingerprint density at radius 1 is 1.25 bits per heavy atom. The fourth-order valence-electron chi connectivity index (χ4n) is 2.27. The van der Waals surface area contributed by atoms with Crippen LogP contribution in [0.4, 0.5) is 0 Å². The molecule has 0 spiro atoms. The van der Waals surface area contributed by atoms with Crippen molar-refractivity contribution in [2.24, 2.45) is 5.41 Å². The Kier molecular flexibility index (Phi) is 3.89. The van der Waals surface area contributed by atoms with Gasteiger partial charge in [0.15, 0.2) is 0 Å². The highest BCUT2D eigenvalue weighted by molar-refractivity contribution is 6.21. The average molecular weight is 189 g/mol. The molecule has 1 heteroatoms. The summed E-state index contributed by atoms with van der Waals surface area (Å²) in [6.07, 6.45) is 9.32. The third kappa shape index (κ3) is 2.39. The second-order valence-corrected chi connectivity index (χ2v) is 5.00. The Balaban J connectivity index is 2.44. The minimum atomic E-state index is 0.419. The highest BCUT2D eigenvalue weighted by Crippen LogP contribution is 2.42. The van der Waals surface area contributed by atoms with Gasteiger partial charge in [0.05, 0.1) is 0 Å². The van der Waals surface area contributed by atoms with Crippen LogP contribution in [0.3, 0.4) is 0 Å². The lowest BCUT2D eigenvalue weighted by Crippen LogP contribution is -2.30. The normalized spacial score (nSPS) is 25.2. The van der Waals surface area contributed by atoms with Crippen molar-refractivity contribution in [1.82, 2.24) is 0 Å². The van der Waals surface area contributed by atoms with Gasteiger partial charge in [-0.15, -0.1) is 11.6 Å². The van der Waals surface area contributed by atoms with E-state index in [1.54, 1.807) is 0 Å². The van der Waals surface area contributed by atoms with Gasteiger partial charge in [-0.2, -0.15) is 0 Å². The summed E-state index contributed by atoms with van der Waals surface area (Å²) in [5, 5.41) is 0.419. The molecule has 0 saturated heterocycles. The molecular weight excluding hydrogens is 168 g/mol. The molecule has 0 nitrogen and oxygen atoms in total.